The Morgan fingerprint density at radius 3 is 2.77 bits per heavy atom. The van der Waals surface area contributed by atoms with Crippen LogP contribution in [-0.4, -0.2) is 26.3 Å². The molecule has 5 heteroatoms. The number of aliphatic carboxylic acids is 1. The fraction of sp³-hybridized carbons (Fsp3) is 0.625. The van der Waals surface area contributed by atoms with Crippen molar-refractivity contribution < 1.29 is 9.90 Å². The second kappa shape index (κ2) is 2.83. The van der Waals surface area contributed by atoms with E-state index in [-0.39, 0.29) is 11.8 Å². The molecule has 0 bridgehead atoms. The Labute approximate surface area is 75.2 Å². The van der Waals surface area contributed by atoms with Gasteiger partial charge in [-0.25, -0.2) is 4.98 Å². The highest BCUT2D eigenvalue weighted by Crippen LogP contribution is 2.40. The molecule has 0 aliphatic heterocycles. The molecule has 0 saturated heterocycles. The summed E-state index contributed by atoms with van der Waals surface area (Å²) in [6.07, 6.45) is 1.63. The van der Waals surface area contributed by atoms with Crippen molar-refractivity contribution in [3.63, 3.8) is 0 Å². The molecule has 5 nitrogen and oxygen atoms in total. The van der Waals surface area contributed by atoms with Crippen molar-refractivity contribution in [2.24, 2.45) is 5.92 Å². The molecule has 2 N–H and O–H groups in total. The maximum atomic E-state index is 10.7. The first-order valence-electron chi connectivity index (χ1n) is 4.30. The third kappa shape index (κ3) is 1.30. The van der Waals surface area contributed by atoms with Crippen LogP contribution in [0.25, 0.3) is 0 Å². The lowest BCUT2D eigenvalue weighted by atomic mass is 9.73. The summed E-state index contributed by atoms with van der Waals surface area (Å²) in [5.41, 5.74) is 0. The van der Waals surface area contributed by atoms with Gasteiger partial charge in [-0.2, -0.15) is 5.10 Å². The van der Waals surface area contributed by atoms with Gasteiger partial charge in [0.25, 0.3) is 0 Å². The Morgan fingerprint density at radius 2 is 2.38 bits per heavy atom. The van der Waals surface area contributed by atoms with Crippen molar-refractivity contribution in [3.8, 4) is 0 Å². The van der Waals surface area contributed by atoms with Crippen LogP contribution in [0.1, 0.15) is 30.4 Å². The van der Waals surface area contributed by atoms with Crippen LogP contribution in [-0.2, 0) is 4.79 Å². The largest absolute Gasteiger partial charge is 0.481 e. The van der Waals surface area contributed by atoms with Crippen LogP contribution >= 0.6 is 0 Å². The topological polar surface area (TPSA) is 78.9 Å². The monoisotopic (exact) mass is 181 g/mol. The number of nitrogens with zero attached hydrogens (tertiary/aromatic N) is 2. The summed E-state index contributed by atoms with van der Waals surface area (Å²) in [5, 5.41) is 15.5. The summed E-state index contributed by atoms with van der Waals surface area (Å²) in [6.45, 7) is 1.81. The molecular formula is C8H11N3O2. The number of hydrogen-bond acceptors (Lipinski definition) is 3. The Hall–Kier alpha value is -1.39. The molecule has 1 heterocycles. The minimum Gasteiger partial charge on any atom is -0.481 e. The number of carbonyl (C=O) groups is 1. The summed E-state index contributed by atoms with van der Waals surface area (Å²) in [4.78, 5) is 14.8. The predicted molar refractivity (Wildman–Crippen MR) is 44.2 cm³/mol. The van der Waals surface area contributed by atoms with Gasteiger partial charge in [-0.1, -0.05) is 0 Å². The van der Waals surface area contributed by atoms with Crippen LogP contribution in [0.2, 0.25) is 0 Å². The van der Waals surface area contributed by atoms with Crippen LogP contribution in [0.15, 0.2) is 0 Å². The zero-order chi connectivity index (χ0) is 9.42. The highest BCUT2D eigenvalue weighted by atomic mass is 16.4. The smallest absolute Gasteiger partial charge is 0.307 e. The Balaban J connectivity index is 2.14. The lowest BCUT2D eigenvalue weighted by Gasteiger charge is -2.30. The van der Waals surface area contributed by atoms with Gasteiger partial charge < -0.3 is 5.11 Å². The normalized spacial score (nSPS) is 26.8. The van der Waals surface area contributed by atoms with Gasteiger partial charge in [0, 0.05) is 5.92 Å². The van der Waals surface area contributed by atoms with E-state index in [1.165, 1.54) is 0 Å². The average molecular weight is 181 g/mol. The van der Waals surface area contributed by atoms with Gasteiger partial charge in [0.15, 0.2) is 5.82 Å². The molecule has 0 aromatic carbocycles. The van der Waals surface area contributed by atoms with Crippen molar-refractivity contribution in [2.75, 3.05) is 0 Å². The minimum atomic E-state index is -0.737. The first-order valence-corrected chi connectivity index (χ1v) is 4.30. The average Bonchev–Trinajstić information content (AvgIpc) is 2.32. The number of carboxylic acid groups (broad SMARTS) is 1. The van der Waals surface area contributed by atoms with Crippen LogP contribution in [0.5, 0.6) is 0 Å². The molecule has 70 valence electrons. The highest BCUT2D eigenvalue weighted by Gasteiger charge is 2.39. The predicted octanol–water partition coefficient (Wildman–Crippen LogP) is 0.691. The molecule has 1 fully saturated rings. The summed E-state index contributed by atoms with van der Waals surface area (Å²) in [7, 11) is 0. The molecule has 2 rings (SSSR count). The molecule has 0 radical (unpaired) electrons. The fourth-order valence-corrected chi connectivity index (χ4v) is 1.63. The van der Waals surface area contributed by atoms with E-state index in [4.69, 9.17) is 5.11 Å². The molecule has 2 atom stereocenters. The highest BCUT2D eigenvalue weighted by molar-refractivity contribution is 5.72. The third-order valence-electron chi connectivity index (χ3n) is 2.54. The third-order valence-corrected chi connectivity index (χ3v) is 2.54. The van der Waals surface area contributed by atoms with Gasteiger partial charge in [-0.15, -0.1) is 0 Å². The number of hydrogen-bond donors (Lipinski definition) is 2. The number of aromatic amines is 1. The SMILES string of the molecule is Cc1nc(C2CCC2C(=O)O)n[nH]1. The Kier molecular flexibility index (Phi) is 1.79. The van der Waals surface area contributed by atoms with Crippen molar-refractivity contribution in [3.05, 3.63) is 11.6 Å². The van der Waals surface area contributed by atoms with Crippen molar-refractivity contribution >= 4 is 5.97 Å². The lowest BCUT2D eigenvalue weighted by molar-refractivity contribution is -0.145. The number of aryl methyl sites for hydroxylation is 1. The first-order chi connectivity index (χ1) is 6.18. The molecule has 1 aliphatic carbocycles. The summed E-state index contributed by atoms with van der Waals surface area (Å²) >= 11 is 0. The zero-order valence-corrected chi connectivity index (χ0v) is 7.32. The molecule has 0 amide bonds. The van der Waals surface area contributed by atoms with E-state index in [9.17, 15) is 4.79 Å². The maximum Gasteiger partial charge on any atom is 0.307 e. The Bertz CT molecular complexity index is 334. The van der Waals surface area contributed by atoms with E-state index in [0.29, 0.717) is 5.82 Å². The molecule has 13 heavy (non-hydrogen) atoms. The van der Waals surface area contributed by atoms with E-state index < -0.39 is 5.97 Å². The van der Waals surface area contributed by atoms with Crippen molar-refractivity contribution in [1.29, 1.82) is 0 Å². The molecule has 0 spiro atoms. The summed E-state index contributed by atoms with van der Waals surface area (Å²) in [5.74, 6) is 0.388. The van der Waals surface area contributed by atoms with Gasteiger partial charge in [0.2, 0.25) is 0 Å². The first kappa shape index (κ1) is 8.22. The van der Waals surface area contributed by atoms with E-state index in [0.717, 1.165) is 18.7 Å². The fourth-order valence-electron chi connectivity index (χ4n) is 1.63. The van der Waals surface area contributed by atoms with E-state index in [1.54, 1.807) is 0 Å². The molecule has 1 saturated carbocycles. The van der Waals surface area contributed by atoms with Gasteiger partial charge in [0.05, 0.1) is 5.92 Å². The van der Waals surface area contributed by atoms with Crippen LogP contribution < -0.4 is 0 Å². The van der Waals surface area contributed by atoms with Gasteiger partial charge in [-0.05, 0) is 19.8 Å². The second-order valence-electron chi connectivity index (χ2n) is 3.41. The number of nitrogens with one attached hydrogen (secondary N) is 1. The van der Waals surface area contributed by atoms with Gasteiger partial charge >= 0.3 is 5.97 Å². The molecule has 2 unspecified atom stereocenters. The van der Waals surface area contributed by atoms with Crippen LogP contribution in [0, 0.1) is 12.8 Å². The molecule has 1 aromatic rings. The molecular weight excluding hydrogens is 170 g/mol. The minimum absolute atomic E-state index is 0.0162. The molecule has 1 aliphatic rings. The standard InChI is InChI=1S/C8H11N3O2/c1-4-9-7(11-10-4)5-2-3-6(5)8(12)13/h5-6H,2-3H2,1H3,(H,12,13)(H,9,10,11). The van der Waals surface area contributed by atoms with Crippen molar-refractivity contribution in [1.82, 2.24) is 15.2 Å². The number of aromatic nitrogens is 3. The number of rotatable bonds is 2. The van der Waals surface area contributed by atoms with Crippen LogP contribution in [0.4, 0.5) is 0 Å². The van der Waals surface area contributed by atoms with Gasteiger partial charge in [-0.3, -0.25) is 9.89 Å². The number of carboxylic acids is 1. The lowest BCUT2D eigenvalue weighted by Crippen LogP contribution is -2.31. The van der Waals surface area contributed by atoms with Crippen molar-refractivity contribution in [2.45, 2.75) is 25.7 Å². The van der Waals surface area contributed by atoms with E-state index >= 15 is 0 Å². The van der Waals surface area contributed by atoms with Gasteiger partial charge in [0.1, 0.15) is 5.82 Å². The summed E-state index contributed by atoms with van der Waals surface area (Å²) in [6, 6.07) is 0. The van der Waals surface area contributed by atoms with E-state index in [2.05, 4.69) is 15.2 Å². The quantitative estimate of drug-likeness (QED) is 0.703. The van der Waals surface area contributed by atoms with E-state index in [1.807, 2.05) is 6.92 Å². The van der Waals surface area contributed by atoms with Crippen LogP contribution in [0.3, 0.4) is 0 Å². The summed E-state index contributed by atoms with van der Waals surface area (Å²) < 4.78 is 0. The second-order valence-corrected chi connectivity index (χ2v) is 3.41. The molecule has 1 aromatic heterocycles. The number of H-pyrrole nitrogens is 1. The Morgan fingerprint density at radius 1 is 1.62 bits per heavy atom. The maximum absolute atomic E-state index is 10.7. The zero-order valence-electron chi connectivity index (χ0n) is 7.32.